The van der Waals surface area contributed by atoms with Crippen LogP contribution in [0.15, 0.2) is 22.7 Å². The van der Waals surface area contributed by atoms with Crippen LogP contribution in [-0.2, 0) is 0 Å². The maximum atomic E-state index is 11.7. The number of nitrogens with one attached hydrogen (secondary N) is 1. The summed E-state index contributed by atoms with van der Waals surface area (Å²) in [5, 5.41) is 12.3. The highest BCUT2D eigenvalue weighted by molar-refractivity contribution is 9.10. The number of rotatable bonds is 4. The van der Waals surface area contributed by atoms with Crippen molar-refractivity contribution < 1.29 is 9.90 Å². The van der Waals surface area contributed by atoms with Crippen LogP contribution in [0.25, 0.3) is 0 Å². The van der Waals surface area contributed by atoms with E-state index in [4.69, 9.17) is 17.3 Å². The van der Waals surface area contributed by atoms with Crippen molar-refractivity contribution in [2.24, 2.45) is 5.73 Å². The van der Waals surface area contributed by atoms with Crippen LogP contribution >= 0.6 is 27.5 Å². The first-order valence-corrected chi connectivity index (χ1v) is 6.25. The fourth-order valence-electron chi connectivity index (χ4n) is 1.17. The van der Waals surface area contributed by atoms with Gasteiger partial charge < -0.3 is 16.2 Å². The number of hydrogen-bond acceptors (Lipinski definition) is 3. The number of aliphatic hydroxyl groups excluding tert-OH is 1. The molecule has 94 valence electrons. The summed E-state index contributed by atoms with van der Waals surface area (Å²) in [5.74, 6) is -0.274. The quantitative estimate of drug-likeness (QED) is 0.787. The molecule has 0 aliphatic heterocycles. The molecule has 0 aromatic heterocycles. The minimum absolute atomic E-state index is 0.209. The van der Waals surface area contributed by atoms with Crippen LogP contribution in [0.3, 0.4) is 0 Å². The molecule has 0 radical (unpaired) electrons. The van der Waals surface area contributed by atoms with Crippen molar-refractivity contribution in [1.82, 2.24) is 5.32 Å². The molecular weight excluding hydrogens is 307 g/mol. The summed E-state index contributed by atoms with van der Waals surface area (Å²) in [4.78, 5) is 11.7. The van der Waals surface area contributed by atoms with E-state index in [9.17, 15) is 9.90 Å². The Labute approximate surface area is 113 Å². The minimum Gasteiger partial charge on any atom is -0.392 e. The molecular formula is C11H14BrClN2O2. The Balaban J connectivity index is 2.64. The Morgan fingerprint density at radius 2 is 2.24 bits per heavy atom. The van der Waals surface area contributed by atoms with E-state index < -0.39 is 12.1 Å². The molecule has 2 atom stereocenters. The van der Waals surface area contributed by atoms with Crippen molar-refractivity contribution in [2.45, 2.75) is 19.1 Å². The summed E-state index contributed by atoms with van der Waals surface area (Å²) in [6.45, 7) is 1.79. The van der Waals surface area contributed by atoms with E-state index in [1.165, 1.54) is 0 Å². The van der Waals surface area contributed by atoms with Crippen molar-refractivity contribution in [3.63, 3.8) is 0 Å². The molecule has 17 heavy (non-hydrogen) atoms. The Hall–Kier alpha value is -0.620. The highest BCUT2D eigenvalue weighted by Crippen LogP contribution is 2.19. The van der Waals surface area contributed by atoms with Gasteiger partial charge in [0.05, 0.1) is 6.10 Å². The first-order chi connectivity index (χ1) is 7.90. The number of halogens is 2. The van der Waals surface area contributed by atoms with E-state index in [-0.39, 0.29) is 12.5 Å². The smallest absolute Gasteiger partial charge is 0.251 e. The second-order valence-corrected chi connectivity index (χ2v) is 5.12. The normalized spacial score (nSPS) is 14.2. The fraction of sp³-hybridized carbons (Fsp3) is 0.364. The highest BCUT2D eigenvalue weighted by Gasteiger charge is 2.12. The number of hydrogen-bond donors (Lipinski definition) is 3. The van der Waals surface area contributed by atoms with Crippen molar-refractivity contribution in [2.75, 3.05) is 6.54 Å². The predicted octanol–water partition coefficient (Wildman–Crippen LogP) is 1.54. The third-order valence-electron chi connectivity index (χ3n) is 2.24. The Morgan fingerprint density at radius 3 is 2.76 bits per heavy atom. The van der Waals surface area contributed by atoms with Gasteiger partial charge in [-0.3, -0.25) is 4.79 Å². The lowest BCUT2D eigenvalue weighted by atomic mass is 10.2. The number of carbonyl (C=O) groups excluding carboxylic acids is 1. The van der Waals surface area contributed by atoms with Gasteiger partial charge in [-0.05, 0) is 25.1 Å². The second kappa shape index (κ2) is 6.35. The van der Waals surface area contributed by atoms with Crippen LogP contribution in [0.5, 0.6) is 0 Å². The summed E-state index contributed by atoms with van der Waals surface area (Å²) < 4.78 is 0.731. The SMILES string of the molecule is CC(O)C(N)CNC(=O)c1cc(Cl)cc(Br)c1. The van der Waals surface area contributed by atoms with Crippen LogP contribution in [0.4, 0.5) is 0 Å². The standard InChI is InChI=1S/C11H14BrClN2O2/c1-6(16)10(14)5-15-11(17)7-2-8(12)4-9(13)3-7/h2-4,6,10,16H,5,14H2,1H3,(H,15,17). The van der Waals surface area contributed by atoms with Gasteiger partial charge in [-0.25, -0.2) is 0 Å². The summed E-state index contributed by atoms with van der Waals surface area (Å²) in [5.41, 5.74) is 6.05. The second-order valence-electron chi connectivity index (χ2n) is 3.77. The molecule has 0 fully saturated rings. The Morgan fingerprint density at radius 1 is 1.59 bits per heavy atom. The summed E-state index contributed by atoms with van der Waals surface area (Å²) in [7, 11) is 0. The van der Waals surface area contributed by atoms with Gasteiger partial charge in [-0.15, -0.1) is 0 Å². The van der Waals surface area contributed by atoms with E-state index in [1.54, 1.807) is 25.1 Å². The zero-order valence-corrected chi connectivity index (χ0v) is 11.6. The molecule has 4 nitrogen and oxygen atoms in total. The monoisotopic (exact) mass is 320 g/mol. The molecule has 0 aliphatic rings. The molecule has 0 bridgehead atoms. The number of benzene rings is 1. The Kier molecular flexibility index (Phi) is 5.39. The lowest BCUT2D eigenvalue weighted by molar-refractivity contribution is 0.0937. The topological polar surface area (TPSA) is 75.3 Å². The van der Waals surface area contributed by atoms with Gasteiger partial charge >= 0.3 is 0 Å². The first-order valence-electron chi connectivity index (χ1n) is 5.08. The molecule has 1 aromatic rings. The minimum atomic E-state index is -0.665. The van der Waals surface area contributed by atoms with Crippen molar-refractivity contribution in [1.29, 1.82) is 0 Å². The average molecular weight is 322 g/mol. The number of amides is 1. The molecule has 6 heteroatoms. The fourth-order valence-corrected chi connectivity index (χ4v) is 2.03. The molecule has 1 rings (SSSR count). The zero-order chi connectivity index (χ0) is 13.0. The predicted molar refractivity (Wildman–Crippen MR) is 71.1 cm³/mol. The molecule has 0 saturated heterocycles. The van der Waals surface area contributed by atoms with Gasteiger partial charge in [0.15, 0.2) is 0 Å². The van der Waals surface area contributed by atoms with Crippen LogP contribution < -0.4 is 11.1 Å². The number of nitrogens with two attached hydrogens (primary N) is 1. The lowest BCUT2D eigenvalue weighted by Gasteiger charge is -2.15. The maximum Gasteiger partial charge on any atom is 0.251 e. The van der Waals surface area contributed by atoms with Crippen molar-refractivity contribution in [3.05, 3.63) is 33.3 Å². The first kappa shape index (κ1) is 14.4. The zero-order valence-electron chi connectivity index (χ0n) is 9.28. The van der Waals surface area contributed by atoms with E-state index in [1.807, 2.05) is 0 Å². The highest BCUT2D eigenvalue weighted by atomic mass is 79.9. The van der Waals surface area contributed by atoms with E-state index in [0.717, 1.165) is 4.47 Å². The largest absolute Gasteiger partial charge is 0.392 e. The summed E-state index contributed by atoms with van der Waals surface area (Å²) in [6.07, 6.45) is -0.665. The van der Waals surface area contributed by atoms with Crippen LogP contribution in [0.2, 0.25) is 5.02 Å². The lowest BCUT2D eigenvalue weighted by Crippen LogP contribution is -2.43. The molecule has 0 aliphatic carbocycles. The van der Waals surface area contributed by atoms with Crippen LogP contribution in [0.1, 0.15) is 17.3 Å². The third kappa shape index (κ3) is 4.63. The molecule has 1 amide bonds. The van der Waals surface area contributed by atoms with Crippen molar-refractivity contribution in [3.8, 4) is 0 Å². The molecule has 1 aromatic carbocycles. The van der Waals surface area contributed by atoms with Crippen LogP contribution in [-0.4, -0.2) is 29.7 Å². The van der Waals surface area contributed by atoms with Gasteiger partial charge in [0, 0.05) is 27.6 Å². The maximum absolute atomic E-state index is 11.7. The van der Waals surface area contributed by atoms with Gasteiger partial charge in [0.1, 0.15) is 0 Å². The van der Waals surface area contributed by atoms with E-state index in [2.05, 4.69) is 21.2 Å². The molecule has 2 unspecified atom stereocenters. The third-order valence-corrected chi connectivity index (χ3v) is 2.92. The van der Waals surface area contributed by atoms with Gasteiger partial charge in [0.2, 0.25) is 0 Å². The number of carbonyl (C=O) groups is 1. The number of aliphatic hydroxyl groups is 1. The molecule has 0 spiro atoms. The summed E-state index contributed by atoms with van der Waals surface area (Å²) in [6, 6.07) is 4.44. The van der Waals surface area contributed by atoms with Crippen molar-refractivity contribution >= 4 is 33.4 Å². The van der Waals surface area contributed by atoms with E-state index in [0.29, 0.717) is 10.6 Å². The molecule has 4 N–H and O–H groups in total. The average Bonchev–Trinajstić information content (AvgIpc) is 2.23. The Bertz CT molecular complexity index is 392. The summed E-state index contributed by atoms with van der Waals surface area (Å²) >= 11 is 9.09. The van der Waals surface area contributed by atoms with E-state index >= 15 is 0 Å². The van der Waals surface area contributed by atoms with Gasteiger partial charge in [-0.2, -0.15) is 0 Å². The van der Waals surface area contributed by atoms with Gasteiger partial charge in [-0.1, -0.05) is 27.5 Å². The molecule has 0 heterocycles. The van der Waals surface area contributed by atoms with Gasteiger partial charge in [0.25, 0.3) is 5.91 Å². The van der Waals surface area contributed by atoms with Crippen LogP contribution in [0, 0.1) is 0 Å². The molecule has 0 saturated carbocycles.